The van der Waals surface area contributed by atoms with Gasteiger partial charge in [-0.3, -0.25) is 9.78 Å². The number of aromatic nitrogens is 1. The lowest BCUT2D eigenvalue weighted by Gasteiger charge is -2.10. The highest BCUT2D eigenvalue weighted by Crippen LogP contribution is 2.30. The third-order valence-corrected chi connectivity index (χ3v) is 3.57. The van der Waals surface area contributed by atoms with Crippen molar-refractivity contribution in [2.45, 2.75) is 6.18 Å². The zero-order valence-electron chi connectivity index (χ0n) is 13.7. The molecular formula is C19H13F4N3O. The van der Waals surface area contributed by atoms with Crippen LogP contribution in [0.3, 0.4) is 0 Å². The third-order valence-electron chi connectivity index (χ3n) is 3.57. The summed E-state index contributed by atoms with van der Waals surface area (Å²) in [5, 5.41) is 5.37. The molecular weight excluding hydrogens is 362 g/mol. The number of carbonyl (C=O) groups is 1. The van der Waals surface area contributed by atoms with Gasteiger partial charge in [0.2, 0.25) is 0 Å². The third kappa shape index (κ3) is 4.81. The summed E-state index contributed by atoms with van der Waals surface area (Å²) in [5.74, 6) is -1.03. The van der Waals surface area contributed by atoms with E-state index >= 15 is 0 Å². The van der Waals surface area contributed by atoms with Gasteiger partial charge in [0, 0.05) is 23.3 Å². The SMILES string of the molecule is O=C(Nc1cccc(C(F)(F)F)c1)c1cc(Nc2ccc(F)cc2)ccn1. The number of amides is 1. The van der Waals surface area contributed by atoms with Gasteiger partial charge in [0.15, 0.2) is 0 Å². The fraction of sp³-hybridized carbons (Fsp3) is 0.0526. The van der Waals surface area contributed by atoms with Crippen molar-refractivity contribution in [1.29, 1.82) is 0 Å². The van der Waals surface area contributed by atoms with Crippen LogP contribution in [0.5, 0.6) is 0 Å². The van der Waals surface area contributed by atoms with E-state index in [2.05, 4.69) is 15.6 Å². The highest BCUT2D eigenvalue weighted by Gasteiger charge is 2.30. The second kappa shape index (κ2) is 7.45. The first-order valence-electron chi connectivity index (χ1n) is 7.78. The van der Waals surface area contributed by atoms with Crippen molar-refractivity contribution < 1.29 is 22.4 Å². The van der Waals surface area contributed by atoms with Crippen molar-refractivity contribution >= 4 is 23.0 Å². The Morgan fingerprint density at radius 1 is 0.889 bits per heavy atom. The molecule has 0 atom stereocenters. The van der Waals surface area contributed by atoms with Crippen molar-refractivity contribution in [2.75, 3.05) is 10.6 Å². The number of alkyl halides is 3. The molecule has 0 bridgehead atoms. The summed E-state index contributed by atoms with van der Waals surface area (Å²) in [6.07, 6.45) is -3.12. The van der Waals surface area contributed by atoms with E-state index in [0.29, 0.717) is 11.4 Å². The number of carbonyl (C=O) groups excluding carboxylic acids is 1. The molecule has 1 aromatic heterocycles. The van der Waals surface area contributed by atoms with E-state index in [0.717, 1.165) is 12.1 Å². The van der Waals surface area contributed by atoms with Crippen LogP contribution >= 0.6 is 0 Å². The van der Waals surface area contributed by atoms with Crippen LogP contribution in [-0.4, -0.2) is 10.9 Å². The van der Waals surface area contributed by atoms with Crippen LogP contribution in [0, 0.1) is 5.82 Å². The highest BCUT2D eigenvalue weighted by atomic mass is 19.4. The van der Waals surface area contributed by atoms with E-state index in [1.807, 2.05) is 0 Å². The van der Waals surface area contributed by atoms with E-state index in [1.165, 1.54) is 48.7 Å². The Labute approximate surface area is 151 Å². The standard InChI is InChI=1S/C19H13F4N3O/c20-13-4-6-14(7-5-13)25-16-8-9-24-17(11-16)18(27)26-15-3-1-2-12(10-15)19(21,22)23/h1-11H,(H,24,25)(H,26,27). The quantitative estimate of drug-likeness (QED) is 0.614. The smallest absolute Gasteiger partial charge is 0.355 e. The van der Waals surface area contributed by atoms with Crippen LogP contribution in [0.2, 0.25) is 0 Å². The Kier molecular flexibility index (Phi) is 5.07. The number of nitrogens with zero attached hydrogens (tertiary/aromatic N) is 1. The van der Waals surface area contributed by atoms with Crippen LogP contribution in [0.15, 0.2) is 66.9 Å². The van der Waals surface area contributed by atoms with Crippen LogP contribution < -0.4 is 10.6 Å². The molecule has 0 saturated heterocycles. The molecule has 4 nitrogen and oxygen atoms in total. The molecule has 2 N–H and O–H groups in total. The van der Waals surface area contributed by atoms with Gasteiger partial charge in [0.25, 0.3) is 5.91 Å². The summed E-state index contributed by atoms with van der Waals surface area (Å²) in [4.78, 5) is 16.2. The molecule has 8 heteroatoms. The minimum Gasteiger partial charge on any atom is -0.355 e. The van der Waals surface area contributed by atoms with Crippen molar-refractivity contribution in [1.82, 2.24) is 4.98 Å². The summed E-state index contributed by atoms with van der Waals surface area (Å²) in [7, 11) is 0. The molecule has 0 aliphatic heterocycles. The number of hydrogen-bond acceptors (Lipinski definition) is 3. The van der Waals surface area contributed by atoms with Crippen molar-refractivity contribution in [3.05, 3.63) is 83.9 Å². The predicted octanol–water partition coefficient (Wildman–Crippen LogP) is 5.24. The van der Waals surface area contributed by atoms with Crippen LogP contribution in [-0.2, 0) is 6.18 Å². The van der Waals surface area contributed by atoms with Crippen molar-refractivity contribution in [3.8, 4) is 0 Å². The van der Waals surface area contributed by atoms with Crippen LogP contribution in [0.25, 0.3) is 0 Å². The molecule has 27 heavy (non-hydrogen) atoms. The van der Waals surface area contributed by atoms with Gasteiger partial charge in [-0.05, 0) is 54.6 Å². The largest absolute Gasteiger partial charge is 0.416 e. The van der Waals surface area contributed by atoms with E-state index in [9.17, 15) is 22.4 Å². The Morgan fingerprint density at radius 2 is 1.63 bits per heavy atom. The Morgan fingerprint density at radius 3 is 2.33 bits per heavy atom. The number of pyridine rings is 1. The lowest BCUT2D eigenvalue weighted by Crippen LogP contribution is -2.14. The van der Waals surface area contributed by atoms with Gasteiger partial charge in [-0.15, -0.1) is 0 Å². The Hall–Kier alpha value is -3.42. The number of anilines is 3. The van der Waals surface area contributed by atoms with Gasteiger partial charge >= 0.3 is 6.18 Å². The number of nitrogens with one attached hydrogen (secondary N) is 2. The lowest BCUT2D eigenvalue weighted by atomic mass is 10.2. The van der Waals surface area contributed by atoms with Gasteiger partial charge in [-0.1, -0.05) is 6.07 Å². The molecule has 0 aliphatic carbocycles. The fourth-order valence-electron chi connectivity index (χ4n) is 2.30. The summed E-state index contributed by atoms with van der Waals surface area (Å²) in [6.45, 7) is 0. The average molecular weight is 375 g/mol. The maximum Gasteiger partial charge on any atom is 0.416 e. The van der Waals surface area contributed by atoms with Crippen LogP contribution in [0.1, 0.15) is 16.1 Å². The number of hydrogen-bond donors (Lipinski definition) is 2. The first-order valence-corrected chi connectivity index (χ1v) is 7.78. The van der Waals surface area contributed by atoms with Crippen molar-refractivity contribution in [3.63, 3.8) is 0 Å². The van der Waals surface area contributed by atoms with Gasteiger partial charge in [0.1, 0.15) is 11.5 Å². The molecule has 1 heterocycles. The molecule has 3 aromatic rings. The molecule has 0 spiro atoms. The molecule has 0 unspecified atom stereocenters. The maximum atomic E-state index is 12.9. The zero-order chi connectivity index (χ0) is 19.4. The zero-order valence-corrected chi connectivity index (χ0v) is 13.7. The van der Waals surface area contributed by atoms with E-state index in [-0.39, 0.29) is 17.2 Å². The molecule has 0 saturated carbocycles. The van der Waals surface area contributed by atoms with Gasteiger partial charge in [-0.2, -0.15) is 13.2 Å². The first kappa shape index (κ1) is 18.4. The molecule has 2 aromatic carbocycles. The van der Waals surface area contributed by atoms with Crippen molar-refractivity contribution in [2.24, 2.45) is 0 Å². The molecule has 3 rings (SSSR count). The Balaban J connectivity index is 1.75. The monoisotopic (exact) mass is 375 g/mol. The number of rotatable bonds is 4. The van der Waals surface area contributed by atoms with Gasteiger partial charge in [-0.25, -0.2) is 4.39 Å². The summed E-state index contributed by atoms with van der Waals surface area (Å²) in [6, 6.07) is 13.0. The topological polar surface area (TPSA) is 54.0 Å². The minimum atomic E-state index is -4.50. The lowest BCUT2D eigenvalue weighted by molar-refractivity contribution is -0.137. The second-order valence-electron chi connectivity index (χ2n) is 5.59. The number of benzene rings is 2. The second-order valence-corrected chi connectivity index (χ2v) is 5.59. The minimum absolute atomic E-state index is 0.00789. The van der Waals surface area contributed by atoms with Gasteiger partial charge < -0.3 is 10.6 Å². The van der Waals surface area contributed by atoms with E-state index in [1.54, 1.807) is 6.07 Å². The average Bonchev–Trinajstić information content (AvgIpc) is 2.63. The van der Waals surface area contributed by atoms with Gasteiger partial charge in [0.05, 0.1) is 5.56 Å². The van der Waals surface area contributed by atoms with E-state index < -0.39 is 17.6 Å². The number of halogens is 4. The normalized spacial score (nSPS) is 11.1. The Bertz CT molecular complexity index is 956. The highest BCUT2D eigenvalue weighted by molar-refractivity contribution is 6.03. The molecule has 1 amide bonds. The first-order chi connectivity index (χ1) is 12.8. The molecule has 0 aliphatic rings. The summed E-state index contributed by atoms with van der Waals surface area (Å²) >= 11 is 0. The molecule has 0 fully saturated rings. The molecule has 0 radical (unpaired) electrons. The predicted molar refractivity (Wildman–Crippen MR) is 93.3 cm³/mol. The molecule has 138 valence electrons. The summed E-state index contributed by atoms with van der Waals surface area (Å²) in [5.41, 5.74) is 0.283. The summed E-state index contributed by atoms with van der Waals surface area (Å²) < 4.78 is 51.2. The van der Waals surface area contributed by atoms with E-state index in [4.69, 9.17) is 0 Å². The van der Waals surface area contributed by atoms with Crippen LogP contribution in [0.4, 0.5) is 34.6 Å². The fourth-order valence-corrected chi connectivity index (χ4v) is 2.30. The maximum absolute atomic E-state index is 12.9.